The lowest BCUT2D eigenvalue weighted by Crippen LogP contribution is -2.52. The number of piperazine rings is 1. The van der Waals surface area contributed by atoms with Crippen molar-refractivity contribution < 1.29 is 14.9 Å². The van der Waals surface area contributed by atoms with Crippen LogP contribution in [0.15, 0.2) is 55.0 Å². The summed E-state index contributed by atoms with van der Waals surface area (Å²) in [5.74, 6) is 2.55. The number of ether oxygens (including phenoxy) is 1. The second-order valence-electron chi connectivity index (χ2n) is 11.8. The van der Waals surface area contributed by atoms with E-state index >= 15 is 0 Å². The second kappa shape index (κ2) is 14.1. The van der Waals surface area contributed by atoms with Crippen LogP contribution in [-0.2, 0) is 19.9 Å². The zero-order valence-corrected chi connectivity index (χ0v) is 26.5. The standard InChI is InChI=1S/C33H41ClN8O3/c1-40-13-12-35-32(40)26-7-3-4-9-28(26)37-31-27(34)19-36-33(39-31)38-29-11-10-22-18-23(6-5-8-25(22)30(29)45-2)42-16-14-41(15-17-42)20-24(44)21-43/h3-4,7,9-13,19,23-24,43-44H,5-6,8,14-18,20-21H2,1-2H3,(H2,36,37,38,39). The van der Waals surface area contributed by atoms with E-state index in [2.05, 4.69) is 42.5 Å². The molecule has 6 rings (SSSR count). The van der Waals surface area contributed by atoms with Gasteiger partial charge in [0.1, 0.15) is 16.6 Å². The Hall–Kier alpha value is -3.74. The van der Waals surface area contributed by atoms with Crippen LogP contribution in [0.3, 0.4) is 0 Å². The van der Waals surface area contributed by atoms with Crippen molar-refractivity contribution >= 4 is 34.7 Å². The molecule has 4 aromatic rings. The summed E-state index contributed by atoms with van der Waals surface area (Å²) in [6.07, 6.45) is 8.69. The van der Waals surface area contributed by atoms with Crippen molar-refractivity contribution in [2.45, 2.75) is 37.8 Å². The topological polar surface area (TPSA) is 124 Å². The van der Waals surface area contributed by atoms with E-state index < -0.39 is 6.10 Å². The molecule has 45 heavy (non-hydrogen) atoms. The molecule has 11 nitrogen and oxygen atoms in total. The first-order valence-corrected chi connectivity index (χ1v) is 15.9. The highest BCUT2D eigenvalue weighted by atomic mass is 35.5. The smallest absolute Gasteiger partial charge is 0.229 e. The molecule has 1 aliphatic carbocycles. The molecule has 3 heterocycles. The minimum atomic E-state index is -0.675. The van der Waals surface area contributed by atoms with Crippen molar-refractivity contribution in [2.75, 3.05) is 57.1 Å². The first-order valence-electron chi connectivity index (χ1n) is 15.5. The Labute approximate surface area is 268 Å². The molecule has 2 aliphatic rings. The highest BCUT2D eigenvalue weighted by molar-refractivity contribution is 6.33. The summed E-state index contributed by atoms with van der Waals surface area (Å²) in [5.41, 5.74) is 5.11. The molecule has 0 saturated carbocycles. The zero-order chi connectivity index (χ0) is 31.3. The van der Waals surface area contributed by atoms with Crippen LogP contribution in [-0.4, -0.2) is 98.1 Å². The third kappa shape index (κ3) is 7.08. The van der Waals surface area contributed by atoms with Crippen LogP contribution in [0.1, 0.15) is 24.0 Å². The number of hydrogen-bond acceptors (Lipinski definition) is 10. The van der Waals surface area contributed by atoms with E-state index in [0.29, 0.717) is 29.4 Å². The van der Waals surface area contributed by atoms with E-state index in [9.17, 15) is 10.2 Å². The van der Waals surface area contributed by atoms with Crippen LogP contribution >= 0.6 is 11.6 Å². The Morgan fingerprint density at radius 2 is 1.89 bits per heavy atom. The Bertz CT molecular complexity index is 1610. The van der Waals surface area contributed by atoms with Gasteiger partial charge < -0.3 is 30.2 Å². The van der Waals surface area contributed by atoms with Crippen LogP contribution in [0.2, 0.25) is 5.02 Å². The highest BCUT2D eigenvalue weighted by Gasteiger charge is 2.28. The summed E-state index contributed by atoms with van der Waals surface area (Å²) in [4.78, 5) is 18.5. The van der Waals surface area contributed by atoms with Crippen molar-refractivity contribution in [3.63, 3.8) is 0 Å². The molecule has 1 saturated heterocycles. The fraction of sp³-hybridized carbons (Fsp3) is 0.424. The molecule has 0 bridgehead atoms. The normalized spacial score (nSPS) is 18.2. The number of nitrogens with one attached hydrogen (secondary N) is 2. The van der Waals surface area contributed by atoms with Gasteiger partial charge in [0.05, 0.1) is 37.4 Å². The zero-order valence-electron chi connectivity index (χ0n) is 25.8. The second-order valence-corrected chi connectivity index (χ2v) is 12.2. The van der Waals surface area contributed by atoms with Gasteiger partial charge in [-0.1, -0.05) is 29.8 Å². The Kier molecular flexibility index (Phi) is 9.82. The number of para-hydroxylation sites is 1. The summed E-state index contributed by atoms with van der Waals surface area (Å²) in [5, 5.41) is 26.2. The van der Waals surface area contributed by atoms with Gasteiger partial charge in [-0.25, -0.2) is 9.97 Å². The molecule has 1 fully saturated rings. The van der Waals surface area contributed by atoms with Gasteiger partial charge in [-0.15, -0.1) is 0 Å². The third-order valence-corrected chi connectivity index (χ3v) is 9.09. The fourth-order valence-electron chi connectivity index (χ4n) is 6.49. The average molecular weight is 633 g/mol. The number of fused-ring (bicyclic) bond motifs is 1. The molecule has 0 radical (unpaired) electrons. The first-order chi connectivity index (χ1) is 21.9. The van der Waals surface area contributed by atoms with Gasteiger partial charge in [0.25, 0.3) is 0 Å². The van der Waals surface area contributed by atoms with E-state index in [4.69, 9.17) is 21.3 Å². The number of hydrogen-bond donors (Lipinski definition) is 4. The maximum absolute atomic E-state index is 9.83. The number of rotatable bonds is 10. The lowest BCUT2D eigenvalue weighted by molar-refractivity contribution is 0.0301. The average Bonchev–Trinajstić information content (AvgIpc) is 3.36. The van der Waals surface area contributed by atoms with E-state index in [1.807, 2.05) is 42.1 Å². The van der Waals surface area contributed by atoms with Gasteiger partial charge >= 0.3 is 0 Å². The molecular formula is C33H41ClN8O3. The molecule has 0 amide bonds. The number of aromatic nitrogens is 4. The molecule has 2 aromatic heterocycles. The quantitative estimate of drug-likeness (QED) is 0.189. The van der Waals surface area contributed by atoms with Crippen molar-refractivity contribution in [3.8, 4) is 17.1 Å². The van der Waals surface area contributed by atoms with Crippen LogP contribution in [0.25, 0.3) is 11.4 Å². The predicted octanol–water partition coefficient (Wildman–Crippen LogP) is 4.24. The monoisotopic (exact) mass is 632 g/mol. The number of aryl methyl sites for hydroxylation is 1. The third-order valence-electron chi connectivity index (χ3n) is 8.82. The van der Waals surface area contributed by atoms with Crippen LogP contribution in [0.5, 0.6) is 5.75 Å². The minimum absolute atomic E-state index is 0.193. The van der Waals surface area contributed by atoms with Gasteiger partial charge in [0, 0.05) is 63.8 Å². The first kappa shape index (κ1) is 31.3. The molecule has 2 unspecified atom stereocenters. The number of aliphatic hydroxyl groups is 2. The van der Waals surface area contributed by atoms with Gasteiger partial charge in [0.15, 0.2) is 5.82 Å². The van der Waals surface area contributed by atoms with Crippen LogP contribution in [0, 0.1) is 0 Å². The molecule has 238 valence electrons. The number of aliphatic hydroxyl groups excluding tert-OH is 2. The number of halogens is 1. The molecule has 2 aromatic carbocycles. The maximum atomic E-state index is 9.83. The number of β-amino-alcohol motifs (C(OH)–C–C–N with tert-alkyl or cyclic N) is 1. The highest BCUT2D eigenvalue weighted by Crippen LogP contribution is 2.38. The molecule has 12 heteroatoms. The number of anilines is 4. The Balaban J connectivity index is 1.18. The summed E-state index contributed by atoms with van der Waals surface area (Å²) < 4.78 is 7.97. The largest absolute Gasteiger partial charge is 0.494 e. The van der Waals surface area contributed by atoms with Gasteiger partial charge in [0.2, 0.25) is 5.95 Å². The van der Waals surface area contributed by atoms with Gasteiger partial charge in [-0.2, -0.15) is 4.98 Å². The van der Waals surface area contributed by atoms with Crippen molar-refractivity contribution in [3.05, 3.63) is 71.1 Å². The summed E-state index contributed by atoms with van der Waals surface area (Å²) in [6.45, 7) is 4.06. The van der Waals surface area contributed by atoms with E-state index in [1.165, 1.54) is 11.1 Å². The van der Waals surface area contributed by atoms with E-state index in [1.54, 1.807) is 19.5 Å². The molecule has 4 N–H and O–H groups in total. The SMILES string of the molecule is COc1c(Nc2ncc(Cl)c(Nc3ccccc3-c3nccn3C)n2)ccc2c1CCCC(N1CCN(CC(O)CO)CC1)C2. The Morgan fingerprint density at radius 1 is 1.07 bits per heavy atom. The van der Waals surface area contributed by atoms with Crippen molar-refractivity contribution in [1.82, 2.24) is 29.3 Å². The predicted molar refractivity (Wildman–Crippen MR) is 177 cm³/mol. The molecular weight excluding hydrogens is 592 g/mol. The summed E-state index contributed by atoms with van der Waals surface area (Å²) >= 11 is 6.55. The Morgan fingerprint density at radius 3 is 2.64 bits per heavy atom. The lowest BCUT2D eigenvalue weighted by Gasteiger charge is -2.39. The molecule has 1 aliphatic heterocycles. The van der Waals surface area contributed by atoms with E-state index in [-0.39, 0.29) is 6.61 Å². The number of methoxy groups -OCH3 is 1. The molecule has 0 spiro atoms. The number of benzene rings is 2. The number of nitrogens with zero attached hydrogens (tertiary/aromatic N) is 6. The summed E-state index contributed by atoms with van der Waals surface area (Å²) in [7, 11) is 3.68. The van der Waals surface area contributed by atoms with Gasteiger partial charge in [-0.3, -0.25) is 9.80 Å². The maximum Gasteiger partial charge on any atom is 0.229 e. The lowest BCUT2D eigenvalue weighted by atomic mass is 9.98. The van der Waals surface area contributed by atoms with E-state index in [0.717, 1.165) is 80.4 Å². The van der Waals surface area contributed by atoms with Crippen LogP contribution < -0.4 is 15.4 Å². The van der Waals surface area contributed by atoms with Crippen molar-refractivity contribution in [2.24, 2.45) is 7.05 Å². The minimum Gasteiger partial charge on any atom is -0.494 e. The van der Waals surface area contributed by atoms with Crippen molar-refractivity contribution in [1.29, 1.82) is 0 Å². The summed E-state index contributed by atoms with van der Waals surface area (Å²) in [6, 6.07) is 12.6. The van der Waals surface area contributed by atoms with Gasteiger partial charge in [-0.05, 0) is 55.0 Å². The molecule has 2 atom stereocenters. The van der Waals surface area contributed by atoms with Crippen LogP contribution in [0.4, 0.5) is 23.1 Å². The number of imidazole rings is 1. The fourth-order valence-corrected chi connectivity index (χ4v) is 6.63.